The van der Waals surface area contributed by atoms with Gasteiger partial charge in [0.25, 0.3) is 0 Å². The molecular weight excluding hydrogens is 666 g/mol. The highest BCUT2D eigenvalue weighted by Gasteiger charge is 2.71. The molecular formula is C35H36BrN5O6. The number of benzene rings is 2. The van der Waals surface area contributed by atoms with Crippen LogP contribution in [0.3, 0.4) is 0 Å². The van der Waals surface area contributed by atoms with Crippen molar-refractivity contribution >= 4 is 43.7 Å². The van der Waals surface area contributed by atoms with Crippen LogP contribution in [0.15, 0.2) is 65.5 Å². The minimum atomic E-state index is -0.757. The molecule has 5 atom stereocenters. The number of methoxy groups -OCH3 is 2. The van der Waals surface area contributed by atoms with Crippen LogP contribution in [-0.4, -0.2) is 63.4 Å². The molecule has 3 aromatic heterocycles. The second-order valence-electron chi connectivity index (χ2n) is 12.8. The van der Waals surface area contributed by atoms with Gasteiger partial charge in [0.15, 0.2) is 12.0 Å². The first-order valence-corrected chi connectivity index (χ1v) is 16.5. The molecule has 1 spiro atoms. The van der Waals surface area contributed by atoms with E-state index in [9.17, 15) is 0 Å². The van der Waals surface area contributed by atoms with Crippen molar-refractivity contribution < 1.29 is 28.4 Å². The Bertz CT molecular complexity index is 2000. The highest BCUT2D eigenvalue weighted by Crippen LogP contribution is 2.57. The Labute approximate surface area is 280 Å². The lowest BCUT2D eigenvalue weighted by Crippen LogP contribution is -2.46. The summed E-state index contributed by atoms with van der Waals surface area (Å²) in [5.41, 5.74) is 2.88. The second-order valence-corrected chi connectivity index (χ2v) is 13.6. The predicted octanol–water partition coefficient (Wildman–Crippen LogP) is 6.71. The lowest BCUT2D eigenvalue weighted by atomic mass is 9.94. The smallest absolute Gasteiger partial charge is 0.165 e. The van der Waals surface area contributed by atoms with Gasteiger partial charge in [0, 0.05) is 41.2 Å². The fourth-order valence-electron chi connectivity index (χ4n) is 7.36. The summed E-state index contributed by atoms with van der Waals surface area (Å²) >= 11 is 3.69. The summed E-state index contributed by atoms with van der Waals surface area (Å²) < 4.78 is 40.6. The van der Waals surface area contributed by atoms with Crippen LogP contribution in [0.25, 0.3) is 21.9 Å². The Balaban J connectivity index is 1.05. The molecule has 244 valence electrons. The van der Waals surface area contributed by atoms with Crippen molar-refractivity contribution in [3.63, 3.8) is 0 Å². The number of halogens is 1. The first-order chi connectivity index (χ1) is 22.7. The molecule has 3 fully saturated rings. The van der Waals surface area contributed by atoms with Gasteiger partial charge in [0.05, 0.1) is 29.9 Å². The monoisotopic (exact) mass is 701 g/mol. The third-order valence-corrected chi connectivity index (χ3v) is 10.1. The maximum Gasteiger partial charge on any atom is 0.165 e. The fourth-order valence-corrected chi connectivity index (χ4v) is 7.84. The van der Waals surface area contributed by atoms with Crippen LogP contribution in [0.5, 0.6) is 17.2 Å². The minimum Gasteiger partial charge on any atom is -0.497 e. The first kappa shape index (κ1) is 30.4. The Hall–Kier alpha value is -3.97. The van der Waals surface area contributed by atoms with Crippen LogP contribution in [0.4, 0.5) is 5.82 Å². The van der Waals surface area contributed by atoms with Gasteiger partial charge in [0.1, 0.15) is 59.0 Å². The Morgan fingerprint density at radius 2 is 1.87 bits per heavy atom. The Kier molecular flexibility index (Phi) is 7.32. The van der Waals surface area contributed by atoms with Crippen LogP contribution in [0, 0.1) is 6.92 Å². The molecule has 11 nitrogen and oxygen atoms in total. The summed E-state index contributed by atoms with van der Waals surface area (Å²) in [6, 6.07) is 15.8. The molecule has 8 rings (SSSR count). The number of nitrogens with zero attached hydrogens (tertiary/aromatic N) is 4. The number of hydrogen-bond acceptors (Lipinski definition) is 10. The van der Waals surface area contributed by atoms with Crippen LogP contribution in [0.1, 0.15) is 44.2 Å². The van der Waals surface area contributed by atoms with Crippen molar-refractivity contribution in [2.24, 2.45) is 0 Å². The molecule has 0 radical (unpaired) electrons. The van der Waals surface area contributed by atoms with Gasteiger partial charge in [0.2, 0.25) is 0 Å². The van der Waals surface area contributed by atoms with Gasteiger partial charge >= 0.3 is 0 Å². The van der Waals surface area contributed by atoms with E-state index in [0.717, 1.165) is 62.0 Å². The number of fused-ring (bicyclic) bond motifs is 2. The zero-order chi connectivity index (χ0) is 32.5. The summed E-state index contributed by atoms with van der Waals surface area (Å²) in [5.74, 6) is 2.16. The molecule has 0 unspecified atom stereocenters. The number of ether oxygens (including phenoxy) is 6. The molecule has 1 saturated carbocycles. The number of nitrogens with one attached hydrogen (secondary N) is 1. The number of pyridine rings is 1. The SMILES string of the molecule is COc1ccc(CNc2nc3cc(O[C@@H]4CC[C@]56OC(C)(C)O[C@H]5[C@H](n5ccc7c(C)ncnc75)O[C@H]46)ccc3cc2Br)c(OC)c1. The van der Waals surface area contributed by atoms with Gasteiger partial charge in [-0.25, -0.2) is 15.0 Å². The zero-order valence-electron chi connectivity index (χ0n) is 26.8. The van der Waals surface area contributed by atoms with Crippen LogP contribution in [0.2, 0.25) is 0 Å². The van der Waals surface area contributed by atoms with Gasteiger partial charge in [-0.2, -0.15) is 0 Å². The molecule has 5 heterocycles. The average molecular weight is 703 g/mol. The van der Waals surface area contributed by atoms with Crippen molar-refractivity contribution in [2.45, 2.75) is 76.1 Å². The number of aromatic nitrogens is 4. The summed E-state index contributed by atoms with van der Waals surface area (Å²) in [6.07, 6.45) is 3.77. The van der Waals surface area contributed by atoms with E-state index in [1.165, 1.54) is 0 Å². The van der Waals surface area contributed by atoms with Gasteiger partial charge in [-0.3, -0.25) is 0 Å². The third kappa shape index (κ3) is 5.09. The van der Waals surface area contributed by atoms with E-state index in [1.54, 1.807) is 20.5 Å². The van der Waals surface area contributed by atoms with E-state index in [1.807, 2.05) is 74.0 Å². The maximum atomic E-state index is 6.82. The molecule has 1 aliphatic carbocycles. The summed E-state index contributed by atoms with van der Waals surface area (Å²) in [6.45, 7) is 6.43. The van der Waals surface area contributed by atoms with Crippen molar-refractivity contribution in [1.82, 2.24) is 19.5 Å². The Morgan fingerprint density at radius 1 is 1.02 bits per heavy atom. The van der Waals surface area contributed by atoms with Gasteiger partial charge in [-0.05, 0) is 85.9 Å². The highest BCUT2D eigenvalue weighted by molar-refractivity contribution is 9.10. The Morgan fingerprint density at radius 3 is 2.70 bits per heavy atom. The first-order valence-electron chi connectivity index (χ1n) is 15.7. The van der Waals surface area contributed by atoms with Crippen LogP contribution >= 0.6 is 15.9 Å². The van der Waals surface area contributed by atoms with Crippen molar-refractivity contribution in [2.75, 3.05) is 19.5 Å². The van der Waals surface area contributed by atoms with E-state index < -0.39 is 17.6 Å². The molecule has 1 N–H and O–H groups in total. The van der Waals surface area contributed by atoms with Gasteiger partial charge in [-0.15, -0.1) is 0 Å². The van der Waals surface area contributed by atoms with E-state index in [4.69, 9.17) is 33.4 Å². The molecule has 0 bridgehead atoms. The van der Waals surface area contributed by atoms with Gasteiger partial charge in [-0.1, -0.05) is 0 Å². The minimum absolute atomic E-state index is 0.244. The molecule has 2 aliphatic heterocycles. The highest BCUT2D eigenvalue weighted by atomic mass is 79.9. The predicted molar refractivity (Wildman–Crippen MR) is 179 cm³/mol. The number of anilines is 1. The molecule has 3 aliphatic rings. The zero-order valence-corrected chi connectivity index (χ0v) is 28.4. The number of rotatable bonds is 8. The average Bonchev–Trinajstić information content (AvgIpc) is 3.78. The molecule has 2 aromatic carbocycles. The molecule has 12 heteroatoms. The molecule has 0 amide bonds. The van der Waals surface area contributed by atoms with E-state index in [2.05, 4.69) is 37.3 Å². The largest absolute Gasteiger partial charge is 0.497 e. The molecule has 2 saturated heterocycles. The summed E-state index contributed by atoms with van der Waals surface area (Å²) in [5, 5.41) is 5.42. The van der Waals surface area contributed by atoms with Crippen molar-refractivity contribution in [3.8, 4) is 17.2 Å². The van der Waals surface area contributed by atoms with Crippen LogP contribution < -0.4 is 19.5 Å². The van der Waals surface area contributed by atoms with Crippen molar-refractivity contribution in [1.29, 1.82) is 0 Å². The van der Waals surface area contributed by atoms with Crippen LogP contribution in [-0.2, 0) is 20.8 Å². The lowest BCUT2D eigenvalue weighted by Gasteiger charge is -2.29. The van der Waals surface area contributed by atoms with E-state index in [-0.39, 0.29) is 18.3 Å². The van der Waals surface area contributed by atoms with Gasteiger partial charge < -0.3 is 38.3 Å². The number of hydrogen-bond donors (Lipinski definition) is 1. The normalized spacial score (nSPS) is 26.0. The summed E-state index contributed by atoms with van der Waals surface area (Å²) in [4.78, 5) is 13.9. The van der Waals surface area contributed by atoms with E-state index in [0.29, 0.717) is 18.1 Å². The molecule has 47 heavy (non-hydrogen) atoms. The second kappa shape index (κ2) is 11.3. The quantitative estimate of drug-likeness (QED) is 0.187. The lowest BCUT2D eigenvalue weighted by molar-refractivity contribution is -0.213. The summed E-state index contributed by atoms with van der Waals surface area (Å²) in [7, 11) is 3.29. The fraction of sp³-hybridized carbons (Fsp3) is 0.400. The topological polar surface area (TPSA) is 111 Å². The van der Waals surface area contributed by atoms with Crippen molar-refractivity contribution in [3.05, 3.63) is 76.8 Å². The van der Waals surface area contributed by atoms with E-state index >= 15 is 0 Å². The standard InChI is InChI=1S/C35H36BrN5O6/c1-19-24-11-13-41(32(24)39-18-38-19)33-30-35(47-34(2,3)46-30)12-10-27(29(35)45-33)44-23-9-6-20-14-25(36)31(40-26(20)15-23)37-17-21-7-8-22(42-4)16-28(21)43-5/h6-9,11,13-16,18,27,29-30,33H,10,12,17H2,1-5H3,(H,37,40)/t27-,29-,30+,33-,35-/m1/s1. The number of aryl methyl sites for hydroxylation is 1. The third-order valence-electron chi connectivity index (χ3n) is 9.47. The maximum absolute atomic E-state index is 6.82. The molecule has 5 aromatic rings.